The number of hydrogen-bond donors (Lipinski definition) is 2. The minimum absolute atomic E-state index is 0.149. The number of aliphatic imine (C=N–C) groups is 1. The molecule has 0 saturated carbocycles. The molecule has 3 N–H and O–H groups in total. The Morgan fingerprint density at radius 1 is 1.33 bits per heavy atom. The van der Waals surface area contributed by atoms with Gasteiger partial charge in [-0.05, 0) is 37.6 Å². The van der Waals surface area contributed by atoms with E-state index in [1.165, 1.54) is 13.0 Å². The zero-order valence-electron chi connectivity index (χ0n) is 16.8. The lowest BCUT2D eigenvalue weighted by Crippen LogP contribution is -2.62. The number of nitrogens with zero attached hydrogens (tertiary/aromatic N) is 4. The van der Waals surface area contributed by atoms with Crippen molar-refractivity contribution in [2.24, 2.45) is 10.7 Å². The Bertz CT molecular complexity index is 1190. The number of amidine groups is 1. The molecule has 2 aromatic rings. The maximum absolute atomic E-state index is 14.9. The van der Waals surface area contributed by atoms with Crippen LogP contribution >= 0.6 is 0 Å². The first-order valence-corrected chi connectivity index (χ1v) is 9.02. The van der Waals surface area contributed by atoms with E-state index in [1.54, 1.807) is 0 Å². The van der Waals surface area contributed by atoms with Crippen LogP contribution in [0.15, 0.2) is 29.4 Å². The van der Waals surface area contributed by atoms with Crippen LogP contribution in [0.3, 0.4) is 0 Å². The summed E-state index contributed by atoms with van der Waals surface area (Å²) in [4.78, 5) is 23.1. The second-order valence-electron chi connectivity index (χ2n) is 7.17. The molecule has 0 unspecified atom stereocenters. The second-order valence-corrected chi connectivity index (χ2v) is 7.17. The van der Waals surface area contributed by atoms with Crippen molar-refractivity contribution in [3.05, 3.63) is 52.7 Å². The lowest BCUT2D eigenvalue weighted by atomic mass is 9.85. The highest BCUT2D eigenvalue weighted by Gasteiger charge is 2.70. The summed E-state index contributed by atoms with van der Waals surface area (Å²) < 4.78 is 87.9. The molecule has 1 aliphatic rings. The van der Waals surface area contributed by atoms with Gasteiger partial charge in [0.05, 0.1) is 5.56 Å². The van der Waals surface area contributed by atoms with E-state index in [2.05, 4.69) is 25.0 Å². The molecule has 1 amide bonds. The van der Waals surface area contributed by atoms with E-state index in [1.807, 2.05) is 6.07 Å². The number of carbonyl (C=O) groups excluding carboxylic acids is 1. The van der Waals surface area contributed by atoms with E-state index in [0.29, 0.717) is 18.6 Å². The predicted molar refractivity (Wildman–Crippen MR) is 101 cm³/mol. The van der Waals surface area contributed by atoms with Crippen LogP contribution in [0, 0.1) is 24.1 Å². The molecule has 0 aromatic carbocycles. The number of ether oxygens (including phenoxy) is 1. The molecule has 1 aliphatic heterocycles. The zero-order chi connectivity index (χ0) is 24.8. The summed E-state index contributed by atoms with van der Waals surface area (Å²) in [5.74, 6) is -7.59. The van der Waals surface area contributed by atoms with E-state index in [-0.39, 0.29) is 11.3 Å². The van der Waals surface area contributed by atoms with Crippen molar-refractivity contribution >= 4 is 17.7 Å². The van der Waals surface area contributed by atoms with Crippen molar-refractivity contribution < 1.29 is 35.9 Å². The van der Waals surface area contributed by atoms with Gasteiger partial charge in [-0.1, -0.05) is 0 Å². The Kier molecular flexibility index (Phi) is 5.70. The Labute approximate surface area is 182 Å². The van der Waals surface area contributed by atoms with Crippen LogP contribution in [0.4, 0.5) is 32.2 Å². The van der Waals surface area contributed by atoms with Crippen molar-refractivity contribution in [2.45, 2.75) is 37.6 Å². The molecule has 3 rings (SSSR count). The SMILES string of the molecule is Cc1cc(C#N)cnc1C(=O)Nc1ccc(F)c([C@@]2(C)N=C(N)O[C@H](C(F)(F)F)C2(F)F)n1. The first-order chi connectivity index (χ1) is 15.2. The molecule has 2 atom stereocenters. The van der Waals surface area contributed by atoms with Crippen molar-refractivity contribution in [1.29, 1.82) is 5.26 Å². The number of pyridine rings is 2. The summed E-state index contributed by atoms with van der Waals surface area (Å²) in [5, 5.41) is 11.1. The van der Waals surface area contributed by atoms with E-state index < -0.39 is 53.0 Å². The summed E-state index contributed by atoms with van der Waals surface area (Å²) >= 11 is 0. The molecule has 0 bridgehead atoms. The van der Waals surface area contributed by atoms with E-state index in [0.717, 1.165) is 12.3 Å². The van der Waals surface area contributed by atoms with Gasteiger partial charge >= 0.3 is 12.1 Å². The normalized spacial score (nSPS) is 22.0. The minimum atomic E-state index is -5.56. The third-order valence-electron chi connectivity index (χ3n) is 4.82. The highest BCUT2D eigenvalue weighted by molar-refractivity contribution is 6.03. The average Bonchev–Trinajstić information content (AvgIpc) is 2.71. The Hall–Kier alpha value is -3.89. The fourth-order valence-corrected chi connectivity index (χ4v) is 3.16. The first-order valence-electron chi connectivity index (χ1n) is 9.02. The number of rotatable bonds is 3. The van der Waals surface area contributed by atoms with Crippen molar-refractivity contribution in [2.75, 3.05) is 5.32 Å². The average molecular weight is 472 g/mol. The van der Waals surface area contributed by atoms with Gasteiger partial charge < -0.3 is 15.8 Å². The molecule has 0 fully saturated rings. The summed E-state index contributed by atoms with van der Waals surface area (Å²) in [6.07, 6.45) is -8.16. The van der Waals surface area contributed by atoms with Crippen LogP contribution in [-0.4, -0.2) is 40.1 Å². The number of amides is 1. The fraction of sp³-hybridized carbons (Fsp3) is 0.316. The standard InChI is InChI=1S/C19H14F6N6O2/c1-8-5-9(6-26)7-28-12(8)14(32)30-11-4-3-10(20)13(29-11)17(2)18(21,22)15(19(23,24)25)33-16(27)31-17/h3-5,7,15H,1-2H3,(H2,27,31)(H,29,30,32)/t15-,17+/m0/s1. The maximum Gasteiger partial charge on any atom is 0.431 e. The second kappa shape index (κ2) is 7.91. The summed E-state index contributed by atoms with van der Waals surface area (Å²) in [6, 6.07) is 3.49. The largest absolute Gasteiger partial charge is 0.446 e. The van der Waals surface area contributed by atoms with Crippen molar-refractivity contribution in [3.8, 4) is 6.07 Å². The first kappa shape index (κ1) is 23.8. The molecule has 174 valence electrons. The van der Waals surface area contributed by atoms with Gasteiger partial charge in [0, 0.05) is 6.20 Å². The quantitative estimate of drug-likeness (QED) is 0.661. The number of nitriles is 1. The number of alkyl halides is 5. The van der Waals surface area contributed by atoms with Gasteiger partial charge in [-0.3, -0.25) is 4.79 Å². The highest BCUT2D eigenvalue weighted by atomic mass is 19.4. The van der Waals surface area contributed by atoms with Crippen LogP contribution in [0.2, 0.25) is 0 Å². The molecular weight excluding hydrogens is 458 g/mol. The Morgan fingerprint density at radius 3 is 2.58 bits per heavy atom. The number of nitrogens with two attached hydrogens (primary N) is 1. The van der Waals surface area contributed by atoms with Crippen molar-refractivity contribution in [3.63, 3.8) is 0 Å². The summed E-state index contributed by atoms with van der Waals surface area (Å²) in [7, 11) is 0. The van der Waals surface area contributed by atoms with Crippen LogP contribution in [-0.2, 0) is 10.3 Å². The maximum atomic E-state index is 14.9. The molecule has 2 aromatic heterocycles. The summed E-state index contributed by atoms with van der Waals surface area (Å²) in [5.41, 5.74) is 1.09. The highest BCUT2D eigenvalue weighted by Crippen LogP contribution is 2.50. The van der Waals surface area contributed by atoms with Gasteiger partial charge in [-0.15, -0.1) is 0 Å². The minimum Gasteiger partial charge on any atom is -0.446 e. The van der Waals surface area contributed by atoms with Crippen LogP contribution in [0.25, 0.3) is 0 Å². The zero-order valence-corrected chi connectivity index (χ0v) is 16.8. The number of aromatic nitrogens is 2. The fourth-order valence-electron chi connectivity index (χ4n) is 3.16. The van der Waals surface area contributed by atoms with E-state index in [9.17, 15) is 31.1 Å². The van der Waals surface area contributed by atoms with Gasteiger partial charge in [0.25, 0.3) is 18.0 Å². The molecule has 0 spiro atoms. The summed E-state index contributed by atoms with van der Waals surface area (Å²) in [6.45, 7) is 2.00. The third kappa shape index (κ3) is 4.13. The topological polar surface area (TPSA) is 126 Å². The number of halogens is 6. The van der Waals surface area contributed by atoms with Crippen LogP contribution < -0.4 is 11.1 Å². The monoisotopic (exact) mass is 472 g/mol. The molecule has 0 saturated heterocycles. The lowest BCUT2D eigenvalue weighted by molar-refractivity contribution is -0.288. The Morgan fingerprint density at radius 2 is 2.00 bits per heavy atom. The van der Waals surface area contributed by atoms with Gasteiger partial charge in [-0.25, -0.2) is 19.4 Å². The van der Waals surface area contributed by atoms with Gasteiger partial charge in [0.2, 0.25) is 0 Å². The van der Waals surface area contributed by atoms with E-state index in [4.69, 9.17) is 11.0 Å². The number of carbonyl (C=O) groups is 1. The lowest BCUT2D eigenvalue weighted by Gasteiger charge is -2.42. The number of anilines is 1. The van der Waals surface area contributed by atoms with Crippen molar-refractivity contribution in [1.82, 2.24) is 9.97 Å². The molecule has 33 heavy (non-hydrogen) atoms. The van der Waals surface area contributed by atoms with Crippen LogP contribution in [0.5, 0.6) is 0 Å². The molecule has 0 radical (unpaired) electrons. The van der Waals surface area contributed by atoms with E-state index >= 15 is 0 Å². The van der Waals surface area contributed by atoms with Gasteiger partial charge in [0.1, 0.15) is 29.1 Å². The number of aryl methyl sites for hydroxylation is 1. The number of hydrogen-bond acceptors (Lipinski definition) is 7. The molecule has 0 aliphatic carbocycles. The Balaban J connectivity index is 2.03. The van der Waals surface area contributed by atoms with Gasteiger partial charge in [0.15, 0.2) is 5.54 Å². The van der Waals surface area contributed by atoms with Gasteiger partial charge in [-0.2, -0.15) is 27.2 Å². The molecule has 14 heteroatoms. The smallest absolute Gasteiger partial charge is 0.431 e. The molecule has 8 nitrogen and oxygen atoms in total. The predicted octanol–water partition coefficient (Wildman–Crippen LogP) is 3.17. The molecular formula is C19H14F6N6O2. The van der Waals surface area contributed by atoms with Crippen LogP contribution in [0.1, 0.15) is 34.2 Å². The molecule has 3 heterocycles. The number of nitrogens with one attached hydrogen (secondary N) is 1. The third-order valence-corrected chi connectivity index (χ3v) is 4.82.